The van der Waals surface area contributed by atoms with Gasteiger partial charge in [-0.15, -0.1) is 0 Å². The van der Waals surface area contributed by atoms with E-state index in [1.165, 1.54) is 0 Å². The van der Waals surface area contributed by atoms with Crippen molar-refractivity contribution < 1.29 is 9.47 Å². The van der Waals surface area contributed by atoms with Gasteiger partial charge in [0.15, 0.2) is 0 Å². The maximum atomic E-state index is 5.01. The second-order valence-electron chi connectivity index (χ2n) is 2.41. The van der Waals surface area contributed by atoms with E-state index < -0.39 is 0 Å². The zero-order valence-electron chi connectivity index (χ0n) is 6.77. The Kier molecular flexibility index (Phi) is 5.31. The quantitative estimate of drug-likeness (QED) is 0.485. The topological polar surface area (TPSA) is 42.5 Å². The molecular weight excluding hydrogens is 144 g/mol. The molecule has 2 fully saturated rings. The fraction of sp³-hybridized carbons (Fsp3) is 1.00. The molecule has 2 aliphatic rings. The Morgan fingerprint density at radius 3 is 1.55 bits per heavy atom. The average molecular weight is 160 g/mol. The molecule has 0 unspecified atom stereocenters. The van der Waals surface area contributed by atoms with Crippen LogP contribution in [-0.4, -0.2) is 46.2 Å². The normalized spacial score (nSPS) is 24.0. The minimum atomic E-state index is 0.750. The molecule has 2 rings (SSSR count). The number of hydrogen-bond donors (Lipinski definition) is 2. The van der Waals surface area contributed by atoms with Crippen LogP contribution in [0.15, 0.2) is 0 Å². The van der Waals surface area contributed by atoms with Crippen molar-refractivity contribution in [2.24, 2.45) is 0 Å². The first kappa shape index (κ1) is 8.93. The molecule has 66 valence electrons. The second-order valence-corrected chi connectivity index (χ2v) is 2.41. The number of morpholine rings is 1. The molecule has 0 bridgehead atoms. The third-order valence-corrected chi connectivity index (χ3v) is 1.47. The molecule has 0 spiro atoms. The molecule has 0 amide bonds. The van der Waals surface area contributed by atoms with E-state index in [0.29, 0.717) is 0 Å². The smallest absolute Gasteiger partial charge is 0.0966 e. The summed E-state index contributed by atoms with van der Waals surface area (Å²) in [5.74, 6) is 0. The zero-order chi connectivity index (χ0) is 7.78. The van der Waals surface area contributed by atoms with Gasteiger partial charge in [-0.3, -0.25) is 5.32 Å². The van der Waals surface area contributed by atoms with E-state index in [9.17, 15) is 0 Å². The molecule has 0 saturated carbocycles. The van der Waals surface area contributed by atoms with Crippen molar-refractivity contribution in [2.45, 2.75) is 0 Å². The fourth-order valence-corrected chi connectivity index (χ4v) is 0.877. The van der Waals surface area contributed by atoms with E-state index in [1.807, 2.05) is 0 Å². The molecule has 0 atom stereocenters. The van der Waals surface area contributed by atoms with Gasteiger partial charge in [0.25, 0.3) is 0 Å². The lowest BCUT2D eigenvalue weighted by Crippen LogP contribution is -2.30. The van der Waals surface area contributed by atoms with Gasteiger partial charge in [0.1, 0.15) is 0 Å². The number of nitrogens with one attached hydrogen (secondary N) is 2. The molecule has 0 aromatic heterocycles. The van der Waals surface area contributed by atoms with Gasteiger partial charge in [0, 0.05) is 19.6 Å². The molecule has 2 aliphatic heterocycles. The lowest BCUT2D eigenvalue weighted by molar-refractivity contribution is 0.109. The second kappa shape index (κ2) is 6.54. The molecule has 2 heterocycles. The zero-order valence-corrected chi connectivity index (χ0v) is 6.77. The molecular formula is C7H16N2O2. The molecule has 0 aromatic carbocycles. The highest BCUT2D eigenvalue weighted by molar-refractivity contribution is 4.49. The fourth-order valence-electron chi connectivity index (χ4n) is 0.877. The lowest BCUT2D eigenvalue weighted by atomic mass is 10.5. The largest absolute Gasteiger partial charge is 0.379 e. The number of ether oxygens (including phenoxy) is 2. The summed E-state index contributed by atoms with van der Waals surface area (Å²) in [6.07, 6.45) is 0. The first-order valence-corrected chi connectivity index (χ1v) is 4.07. The van der Waals surface area contributed by atoms with Crippen LogP contribution < -0.4 is 10.6 Å². The van der Waals surface area contributed by atoms with Gasteiger partial charge in [-0.2, -0.15) is 0 Å². The molecule has 4 nitrogen and oxygen atoms in total. The number of hydrogen-bond acceptors (Lipinski definition) is 4. The van der Waals surface area contributed by atoms with Crippen molar-refractivity contribution in [1.82, 2.24) is 10.6 Å². The predicted molar refractivity (Wildman–Crippen MR) is 42.5 cm³/mol. The Balaban J connectivity index is 0.000000112. The third-order valence-electron chi connectivity index (χ3n) is 1.47. The molecule has 11 heavy (non-hydrogen) atoms. The molecule has 0 radical (unpaired) electrons. The van der Waals surface area contributed by atoms with Crippen molar-refractivity contribution in [3.05, 3.63) is 0 Å². The average Bonchev–Trinajstić information content (AvgIpc) is 2.64. The van der Waals surface area contributed by atoms with Crippen LogP contribution in [0.2, 0.25) is 0 Å². The summed E-state index contributed by atoms with van der Waals surface area (Å²) in [7, 11) is 0. The van der Waals surface area contributed by atoms with Crippen LogP contribution in [0.5, 0.6) is 0 Å². The summed E-state index contributed by atoms with van der Waals surface area (Å²) < 4.78 is 9.84. The summed E-state index contributed by atoms with van der Waals surface area (Å²) in [6, 6.07) is 0. The standard InChI is InChI=1S/C4H9NO.C3H7NO/c1-3-6-4-2-5-1;1-2-5-3-4-1/h5H,1-4H2;4H,1-3H2. The Hall–Kier alpha value is -0.160. The van der Waals surface area contributed by atoms with E-state index in [4.69, 9.17) is 9.47 Å². The van der Waals surface area contributed by atoms with Crippen LogP contribution >= 0.6 is 0 Å². The van der Waals surface area contributed by atoms with E-state index in [2.05, 4.69) is 10.6 Å². The van der Waals surface area contributed by atoms with Gasteiger partial charge >= 0.3 is 0 Å². The Bertz CT molecular complexity index is 63.4. The maximum absolute atomic E-state index is 5.01. The maximum Gasteiger partial charge on any atom is 0.0966 e. The van der Waals surface area contributed by atoms with Crippen molar-refractivity contribution in [2.75, 3.05) is 46.2 Å². The van der Waals surface area contributed by atoms with Crippen molar-refractivity contribution >= 4 is 0 Å². The Morgan fingerprint density at radius 1 is 0.727 bits per heavy atom. The lowest BCUT2D eigenvalue weighted by Gasteiger charge is -2.10. The van der Waals surface area contributed by atoms with Gasteiger partial charge in [0.05, 0.1) is 26.6 Å². The molecule has 4 heteroatoms. The summed E-state index contributed by atoms with van der Waals surface area (Å²) >= 11 is 0. The van der Waals surface area contributed by atoms with Gasteiger partial charge < -0.3 is 14.8 Å². The van der Waals surface area contributed by atoms with Gasteiger partial charge in [-0.05, 0) is 0 Å². The minimum Gasteiger partial charge on any atom is -0.379 e. The predicted octanol–water partition coefficient (Wildman–Crippen LogP) is -0.830. The first-order valence-electron chi connectivity index (χ1n) is 4.07. The SMILES string of the molecule is C1COCCN1.C1COCN1. The number of rotatable bonds is 0. The van der Waals surface area contributed by atoms with Crippen LogP contribution in [0, 0.1) is 0 Å². The van der Waals surface area contributed by atoms with E-state index >= 15 is 0 Å². The van der Waals surface area contributed by atoms with Crippen LogP contribution in [0.3, 0.4) is 0 Å². The first-order chi connectivity index (χ1) is 5.50. The summed E-state index contributed by atoms with van der Waals surface area (Å²) in [6.45, 7) is 6.50. The van der Waals surface area contributed by atoms with Crippen LogP contribution in [0.1, 0.15) is 0 Å². The monoisotopic (exact) mass is 160 g/mol. The molecule has 2 saturated heterocycles. The van der Waals surface area contributed by atoms with Crippen LogP contribution in [-0.2, 0) is 9.47 Å². The van der Waals surface area contributed by atoms with E-state index in [1.54, 1.807) is 0 Å². The highest BCUT2D eigenvalue weighted by Gasteiger charge is 1.93. The summed E-state index contributed by atoms with van der Waals surface area (Å²) in [4.78, 5) is 0. The van der Waals surface area contributed by atoms with E-state index in [0.717, 1.165) is 46.2 Å². The minimum absolute atomic E-state index is 0.750. The highest BCUT2D eigenvalue weighted by atomic mass is 16.5. The summed E-state index contributed by atoms with van der Waals surface area (Å²) in [5.41, 5.74) is 0. The Labute approximate surface area is 67.2 Å². The van der Waals surface area contributed by atoms with Gasteiger partial charge in [-0.1, -0.05) is 0 Å². The van der Waals surface area contributed by atoms with Crippen LogP contribution in [0.4, 0.5) is 0 Å². The van der Waals surface area contributed by atoms with Crippen molar-refractivity contribution in [3.63, 3.8) is 0 Å². The molecule has 0 aliphatic carbocycles. The highest BCUT2D eigenvalue weighted by Crippen LogP contribution is 1.76. The van der Waals surface area contributed by atoms with Crippen molar-refractivity contribution in [1.29, 1.82) is 0 Å². The van der Waals surface area contributed by atoms with Crippen LogP contribution in [0.25, 0.3) is 0 Å². The Morgan fingerprint density at radius 2 is 1.36 bits per heavy atom. The van der Waals surface area contributed by atoms with Gasteiger partial charge in [-0.25, -0.2) is 0 Å². The van der Waals surface area contributed by atoms with Gasteiger partial charge in [0.2, 0.25) is 0 Å². The van der Waals surface area contributed by atoms with E-state index in [-0.39, 0.29) is 0 Å². The third kappa shape index (κ3) is 5.15. The molecule has 2 N–H and O–H groups in total. The summed E-state index contributed by atoms with van der Waals surface area (Å²) in [5, 5.41) is 6.16. The van der Waals surface area contributed by atoms with Crippen molar-refractivity contribution in [3.8, 4) is 0 Å². The molecule has 0 aromatic rings.